The third-order valence-electron chi connectivity index (χ3n) is 2.55. The Hall–Kier alpha value is -2.39. The molecule has 112 valence electrons. The van der Waals surface area contributed by atoms with Gasteiger partial charge in [-0.25, -0.2) is 4.98 Å². The van der Waals surface area contributed by atoms with E-state index in [2.05, 4.69) is 16.8 Å². The maximum absolute atomic E-state index is 12.6. The van der Waals surface area contributed by atoms with Gasteiger partial charge >= 0.3 is 0 Å². The quantitative estimate of drug-likeness (QED) is 0.743. The second-order valence-electron chi connectivity index (χ2n) is 4.95. The van der Waals surface area contributed by atoms with Crippen LogP contribution in [0.15, 0.2) is 18.3 Å². The predicted octanol–water partition coefficient (Wildman–Crippen LogP) is -0.0247. The highest BCUT2D eigenvalue weighted by molar-refractivity contribution is 5.96. The molecule has 4 N–H and O–H groups in total. The molecule has 1 heterocycles. The molecule has 0 aliphatic carbocycles. The third kappa shape index (κ3) is 5.24. The number of hydrogen-bond acceptors (Lipinski definition) is 4. The van der Waals surface area contributed by atoms with Crippen molar-refractivity contribution in [2.75, 3.05) is 19.6 Å². The second-order valence-corrected chi connectivity index (χ2v) is 4.95. The monoisotopic (exact) mass is 288 g/mol. The Balaban J connectivity index is 3.11. The number of carbonyl (C=O) groups excluding carboxylic acids is 2. The van der Waals surface area contributed by atoms with Crippen LogP contribution in [0.3, 0.4) is 0 Å². The summed E-state index contributed by atoms with van der Waals surface area (Å²) < 4.78 is 0. The first-order chi connectivity index (χ1) is 9.95. The number of nitrogens with two attached hydrogens (primary N) is 2. The van der Waals surface area contributed by atoms with E-state index in [1.165, 1.54) is 11.1 Å². The Bertz CT molecular complexity index is 573. The zero-order chi connectivity index (χ0) is 15.8. The van der Waals surface area contributed by atoms with Crippen LogP contribution < -0.4 is 11.5 Å². The van der Waals surface area contributed by atoms with E-state index in [9.17, 15) is 9.59 Å². The van der Waals surface area contributed by atoms with Crippen LogP contribution >= 0.6 is 0 Å². The van der Waals surface area contributed by atoms with E-state index in [0.717, 1.165) is 0 Å². The van der Waals surface area contributed by atoms with E-state index in [4.69, 9.17) is 11.5 Å². The molecule has 0 aromatic carbocycles. The first-order valence-electron chi connectivity index (χ1n) is 6.67. The molecule has 0 bridgehead atoms. The first-order valence-corrected chi connectivity index (χ1v) is 6.67. The summed E-state index contributed by atoms with van der Waals surface area (Å²) in [5, 5.41) is 0. The molecule has 1 aromatic rings. The van der Waals surface area contributed by atoms with Gasteiger partial charge in [0.05, 0.1) is 18.7 Å². The molecule has 0 unspecified atom stereocenters. The number of primary amides is 1. The molecular weight excluding hydrogens is 268 g/mol. The summed E-state index contributed by atoms with van der Waals surface area (Å²) in [6.07, 6.45) is 1.51. The average Bonchev–Trinajstić information content (AvgIpc) is 2.43. The van der Waals surface area contributed by atoms with Crippen molar-refractivity contribution < 1.29 is 9.59 Å². The van der Waals surface area contributed by atoms with Crippen molar-refractivity contribution in [3.8, 4) is 11.8 Å². The zero-order valence-electron chi connectivity index (χ0n) is 12.3. The highest BCUT2D eigenvalue weighted by Gasteiger charge is 2.21. The van der Waals surface area contributed by atoms with Gasteiger partial charge in [-0.1, -0.05) is 25.7 Å². The molecule has 1 aromatic heterocycles. The average molecular weight is 288 g/mol. The second kappa shape index (κ2) is 8.02. The summed E-state index contributed by atoms with van der Waals surface area (Å²) in [4.78, 5) is 29.2. The van der Waals surface area contributed by atoms with Crippen molar-refractivity contribution in [1.82, 2.24) is 9.88 Å². The fraction of sp³-hybridized carbons (Fsp3) is 0.400. The fourth-order valence-electron chi connectivity index (χ4n) is 1.82. The molecule has 0 atom stereocenters. The molecule has 2 amide bonds. The minimum atomic E-state index is -0.561. The summed E-state index contributed by atoms with van der Waals surface area (Å²) in [5.74, 6) is 4.80. The van der Waals surface area contributed by atoms with Crippen LogP contribution in [-0.4, -0.2) is 41.3 Å². The summed E-state index contributed by atoms with van der Waals surface area (Å²) in [7, 11) is 0. The number of rotatable bonds is 5. The summed E-state index contributed by atoms with van der Waals surface area (Å²) in [5.41, 5.74) is 11.2. The van der Waals surface area contributed by atoms with Crippen molar-refractivity contribution in [1.29, 1.82) is 0 Å². The van der Waals surface area contributed by atoms with E-state index in [1.807, 2.05) is 13.8 Å². The molecule has 0 radical (unpaired) electrons. The van der Waals surface area contributed by atoms with Gasteiger partial charge in [-0.3, -0.25) is 9.59 Å². The van der Waals surface area contributed by atoms with Gasteiger partial charge in [-0.15, -0.1) is 0 Å². The maximum atomic E-state index is 12.6. The van der Waals surface area contributed by atoms with Gasteiger partial charge in [-0.05, 0) is 18.1 Å². The van der Waals surface area contributed by atoms with Gasteiger partial charge in [-0.2, -0.15) is 0 Å². The first kappa shape index (κ1) is 16.7. The van der Waals surface area contributed by atoms with Crippen LogP contribution in [0, 0.1) is 17.8 Å². The smallest absolute Gasteiger partial charge is 0.274 e. The molecule has 0 saturated heterocycles. The van der Waals surface area contributed by atoms with Crippen LogP contribution in [0.2, 0.25) is 0 Å². The van der Waals surface area contributed by atoms with Crippen molar-refractivity contribution in [2.45, 2.75) is 13.8 Å². The van der Waals surface area contributed by atoms with Gasteiger partial charge in [0.25, 0.3) is 5.91 Å². The van der Waals surface area contributed by atoms with Gasteiger partial charge in [0.2, 0.25) is 5.91 Å². The molecule has 1 rings (SSSR count). The predicted molar refractivity (Wildman–Crippen MR) is 80.1 cm³/mol. The molecule has 0 saturated carbocycles. The van der Waals surface area contributed by atoms with Gasteiger partial charge < -0.3 is 16.4 Å². The van der Waals surface area contributed by atoms with Crippen molar-refractivity contribution in [3.63, 3.8) is 0 Å². The van der Waals surface area contributed by atoms with Gasteiger partial charge in [0, 0.05) is 12.7 Å². The zero-order valence-corrected chi connectivity index (χ0v) is 12.3. The normalized spacial score (nSPS) is 9.90. The Morgan fingerprint density at radius 3 is 2.71 bits per heavy atom. The van der Waals surface area contributed by atoms with Gasteiger partial charge in [0.15, 0.2) is 0 Å². The van der Waals surface area contributed by atoms with Crippen LogP contribution in [0.25, 0.3) is 0 Å². The summed E-state index contributed by atoms with van der Waals surface area (Å²) >= 11 is 0. The lowest BCUT2D eigenvalue weighted by atomic mass is 10.1. The number of pyridine rings is 1. The van der Waals surface area contributed by atoms with Crippen LogP contribution in [0.4, 0.5) is 0 Å². The van der Waals surface area contributed by atoms with E-state index in [-0.39, 0.29) is 30.6 Å². The van der Waals surface area contributed by atoms with E-state index in [0.29, 0.717) is 12.1 Å². The van der Waals surface area contributed by atoms with E-state index >= 15 is 0 Å². The van der Waals surface area contributed by atoms with Gasteiger partial charge in [0.1, 0.15) is 5.69 Å². The van der Waals surface area contributed by atoms with E-state index < -0.39 is 5.91 Å². The third-order valence-corrected chi connectivity index (χ3v) is 2.55. The molecule has 21 heavy (non-hydrogen) atoms. The minimum absolute atomic E-state index is 0.142. The lowest BCUT2D eigenvalue weighted by molar-refractivity contribution is -0.118. The highest BCUT2D eigenvalue weighted by atomic mass is 16.2. The Morgan fingerprint density at radius 1 is 1.43 bits per heavy atom. The summed E-state index contributed by atoms with van der Waals surface area (Å²) in [6, 6.07) is 3.39. The number of amides is 2. The molecule has 0 aliphatic heterocycles. The van der Waals surface area contributed by atoms with Crippen LogP contribution in [0.5, 0.6) is 0 Å². The van der Waals surface area contributed by atoms with E-state index in [1.54, 1.807) is 12.1 Å². The molecule has 6 heteroatoms. The van der Waals surface area contributed by atoms with Crippen LogP contribution in [0.1, 0.15) is 29.9 Å². The molecule has 0 fully saturated rings. The molecular formula is C15H20N4O2. The lowest BCUT2D eigenvalue weighted by Gasteiger charge is -2.23. The number of carbonyl (C=O) groups is 2. The van der Waals surface area contributed by atoms with Crippen LogP contribution in [-0.2, 0) is 4.79 Å². The molecule has 0 aliphatic rings. The Labute approximate surface area is 124 Å². The molecule has 0 spiro atoms. The number of aromatic nitrogens is 1. The standard InChI is InChI=1S/C15H20N4O2/c1-11(2)9-19(10-13(17)20)15(21)14-12(5-3-7-16)6-4-8-18-14/h4,6,8,11H,7,9-10,16H2,1-2H3,(H2,17,20). The van der Waals surface area contributed by atoms with Crippen molar-refractivity contribution in [3.05, 3.63) is 29.6 Å². The van der Waals surface area contributed by atoms with Crippen molar-refractivity contribution in [2.24, 2.45) is 17.4 Å². The number of nitrogens with zero attached hydrogens (tertiary/aromatic N) is 2. The largest absolute Gasteiger partial charge is 0.368 e. The lowest BCUT2D eigenvalue weighted by Crippen LogP contribution is -2.41. The summed E-state index contributed by atoms with van der Waals surface area (Å²) in [6.45, 7) is 4.38. The Kier molecular flexibility index (Phi) is 6.37. The topological polar surface area (TPSA) is 102 Å². The number of hydrogen-bond donors (Lipinski definition) is 2. The Morgan fingerprint density at radius 2 is 2.14 bits per heavy atom. The fourth-order valence-corrected chi connectivity index (χ4v) is 1.82. The SMILES string of the molecule is CC(C)CN(CC(N)=O)C(=O)c1ncccc1C#CCN. The molecule has 6 nitrogen and oxygen atoms in total. The minimum Gasteiger partial charge on any atom is -0.368 e. The maximum Gasteiger partial charge on any atom is 0.274 e. The highest BCUT2D eigenvalue weighted by Crippen LogP contribution is 2.10. The van der Waals surface area contributed by atoms with Crippen molar-refractivity contribution >= 4 is 11.8 Å².